The van der Waals surface area contributed by atoms with Crippen molar-refractivity contribution in [2.24, 2.45) is 5.92 Å². The highest BCUT2D eigenvalue weighted by atomic mass is 32.1. The Morgan fingerprint density at radius 1 is 1.27 bits per heavy atom. The van der Waals surface area contributed by atoms with Crippen LogP contribution in [0.25, 0.3) is 4.96 Å². The highest BCUT2D eigenvalue weighted by molar-refractivity contribution is 7.15. The lowest BCUT2D eigenvalue weighted by Crippen LogP contribution is -2.32. The number of thiazole rings is 1. The fourth-order valence-electron chi connectivity index (χ4n) is 2.61. The van der Waals surface area contributed by atoms with Gasteiger partial charge in [0.05, 0.1) is 6.20 Å². The van der Waals surface area contributed by atoms with E-state index in [2.05, 4.69) is 24.1 Å². The molecule has 0 spiro atoms. The zero-order valence-electron chi connectivity index (χ0n) is 14.9. The molecule has 8 heteroatoms. The first-order valence-corrected chi connectivity index (χ1v) is 9.22. The molecule has 7 nitrogen and oxygen atoms in total. The molecule has 0 aliphatic heterocycles. The summed E-state index contributed by atoms with van der Waals surface area (Å²) in [5, 5.41) is 4.28. The Hall–Kier alpha value is -2.74. The first kappa shape index (κ1) is 18.1. The largest absolute Gasteiger partial charge is 0.316 e. The third-order valence-corrected chi connectivity index (χ3v) is 4.91. The highest BCUT2D eigenvalue weighted by Gasteiger charge is 2.18. The number of rotatable bonds is 5. The van der Waals surface area contributed by atoms with E-state index >= 15 is 0 Å². The second-order valence-corrected chi connectivity index (χ2v) is 7.41. The molecule has 0 aromatic carbocycles. The number of fused-ring (bicyclic) bond motifs is 1. The Kier molecular flexibility index (Phi) is 5.03. The summed E-state index contributed by atoms with van der Waals surface area (Å²) in [6, 6.07) is 1.74. The Morgan fingerprint density at radius 3 is 2.77 bits per heavy atom. The topological polar surface area (TPSA) is 85.5 Å². The Balaban J connectivity index is 1.94. The Bertz CT molecular complexity index is 1080. The Labute approximate surface area is 153 Å². The molecule has 0 fully saturated rings. The van der Waals surface area contributed by atoms with Crippen LogP contribution in [-0.2, 0) is 6.54 Å². The van der Waals surface area contributed by atoms with Gasteiger partial charge in [-0.15, -0.1) is 11.3 Å². The molecule has 0 atom stereocenters. The molecular weight excluding hydrogens is 352 g/mol. The molecule has 0 saturated carbocycles. The quantitative estimate of drug-likeness (QED) is 0.746. The zero-order valence-corrected chi connectivity index (χ0v) is 15.7. The Morgan fingerprint density at radius 2 is 2.04 bits per heavy atom. The zero-order chi connectivity index (χ0) is 18.8. The van der Waals surface area contributed by atoms with Gasteiger partial charge < -0.3 is 9.88 Å². The van der Waals surface area contributed by atoms with Crippen LogP contribution in [-0.4, -0.2) is 19.9 Å². The fourth-order valence-corrected chi connectivity index (χ4v) is 3.29. The van der Waals surface area contributed by atoms with E-state index in [-0.39, 0.29) is 22.4 Å². The average Bonchev–Trinajstić information content (AvgIpc) is 3.06. The predicted octanol–water partition coefficient (Wildman–Crippen LogP) is 2.52. The normalized spacial score (nSPS) is 11.2. The molecule has 136 valence electrons. The van der Waals surface area contributed by atoms with Crippen molar-refractivity contribution in [3.63, 3.8) is 0 Å². The fraction of sp³-hybridized carbons (Fsp3) is 0.333. The van der Waals surface area contributed by atoms with Crippen molar-refractivity contribution in [2.75, 3.05) is 5.32 Å². The van der Waals surface area contributed by atoms with Crippen molar-refractivity contribution >= 4 is 27.9 Å². The van der Waals surface area contributed by atoms with Gasteiger partial charge in [0, 0.05) is 24.3 Å². The van der Waals surface area contributed by atoms with Gasteiger partial charge in [0.2, 0.25) is 0 Å². The molecule has 3 heterocycles. The summed E-state index contributed by atoms with van der Waals surface area (Å²) in [5.41, 5.74) is -0.0718. The van der Waals surface area contributed by atoms with Gasteiger partial charge in [0.25, 0.3) is 17.0 Å². The summed E-state index contributed by atoms with van der Waals surface area (Å²) in [4.78, 5) is 42.5. The lowest BCUT2D eigenvalue weighted by molar-refractivity contribution is 0.102. The van der Waals surface area contributed by atoms with Crippen molar-refractivity contribution in [3.8, 4) is 0 Å². The maximum atomic E-state index is 12.7. The smallest absolute Gasteiger partial charge is 0.282 e. The van der Waals surface area contributed by atoms with Crippen LogP contribution in [0.3, 0.4) is 0 Å². The van der Waals surface area contributed by atoms with E-state index in [0.717, 1.165) is 6.42 Å². The van der Waals surface area contributed by atoms with Crippen LogP contribution in [0, 0.1) is 12.8 Å². The van der Waals surface area contributed by atoms with Gasteiger partial charge in [0.1, 0.15) is 11.3 Å². The average molecular weight is 372 g/mol. The van der Waals surface area contributed by atoms with Crippen LogP contribution < -0.4 is 16.4 Å². The van der Waals surface area contributed by atoms with Gasteiger partial charge in [-0.25, -0.2) is 4.98 Å². The molecule has 26 heavy (non-hydrogen) atoms. The summed E-state index contributed by atoms with van der Waals surface area (Å²) in [5.74, 6) is -0.149. The van der Waals surface area contributed by atoms with E-state index in [1.165, 1.54) is 26.5 Å². The number of carbonyl (C=O) groups is 1. The van der Waals surface area contributed by atoms with Crippen LogP contribution in [0.4, 0.5) is 5.69 Å². The minimum absolute atomic E-state index is 0.0438. The third-order valence-electron chi connectivity index (χ3n) is 4.14. The lowest BCUT2D eigenvalue weighted by Gasteiger charge is -2.12. The van der Waals surface area contributed by atoms with Crippen molar-refractivity contribution in [3.05, 3.63) is 61.9 Å². The van der Waals surface area contributed by atoms with Crippen LogP contribution in [0.2, 0.25) is 0 Å². The number of hydrogen-bond acceptors (Lipinski definition) is 5. The standard InChI is InChI=1S/C18H20N4O3S/c1-11(2)4-6-21-7-5-12(3)14(17(21)25)15(23)20-13-10-19-18-22(16(13)24)8-9-26-18/h5,7-11H,4,6H2,1-3H3,(H,20,23). The molecule has 3 aromatic heterocycles. The van der Waals surface area contributed by atoms with Crippen LogP contribution >= 0.6 is 11.3 Å². The number of nitrogens with zero attached hydrogens (tertiary/aromatic N) is 3. The summed E-state index contributed by atoms with van der Waals surface area (Å²) < 4.78 is 2.90. The van der Waals surface area contributed by atoms with E-state index in [4.69, 9.17) is 0 Å². The maximum absolute atomic E-state index is 12.7. The summed E-state index contributed by atoms with van der Waals surface area (Å²) in [7, 11) is 0. The molecule has 0 aliphatic carbocycles. The lowest BCUT2D eigenvalue weighted by atomic mass is 10.1. The first-order valence-electron chi connectivity index (χ1n) is 8.34. The second kappa shape index (κ2) is 7.25. The van der Waals surface area contributed by atoms with Crippen molar-refractivity contribution in [1.82, 2.24) is 14.0 Å². The summed E-state index contributed by atoms with van der Waals surface area (Å²) >= 11 is 1.33. The SMILES string of the molecule is Cc1ccn(CCC(C)C)c(=O)c1C(=O)Nc1cnc2sccn2c1=O. The van der Waals surface area contributed by atoms with Crippen LogP contribution in [0.15, 0.2) is 39.6 Å². The second-order valence-electron chi connectivity index (χ2n) is 6.54. The molecule has 1 amide bonds. The summed E-state index contributed by atoms with van der Waals surface area (Å²) in [6.07, 6.45) is 5.45. The van der Waals surface area contributed by atoms with Crippen molar-refractivity contribution in [2.45, 2.75) is 33.7 Å². The molecule has 0 radical (unpaired) electrons. The monoisotopic (exact) mass is 372 g/mol. The molecular formula is C18H20N4O3S. The molecule has 0 bridgehead atoms. The number of amides is 1. The maximum Gasteiger partial charge on any atom is 0.282 e. The van der Waals surface area contributed by atoms with Gasteiger partial charge >= 0.3 is 0 Å². The van der Waals surface area contributed by atoms with E-state index in [1.807, 2.05) is 0 Å². The number of carbonyl (C=O) groups excluding carboxylic acids is 1. The number of aromatic nitrogens is 3. The van der Waals surface area contributed by atoms with Crippen molar-refractivity contribution < 1.29 is 4.79 Å². The number of anilines is 1. The number of nitrogens with one attached hydrogen (secondary N) is 1. The number of pyridine rings is 1. The molecule has 0 unspecified atom stereocenters. The molecule has 3 aromatic rings. The molecule has 0 aliphatic rings. The van der Waals surface area contributed by atoms with Gasteiger partial charge in [-0.3, -0.25) is 18.8 Å². The van der Waals surface area contributed by atoms with Gasteiger partial charge in [-0.2, -0.15) is 0 Å². The summed E-state index contributed by atoms with van der Waals surface area (Å²) in [6.45, 7) is 6.40. The van der Waals surface area contributed by atoms with Gasteiger partial charge in [-0.05, 0) is 30.9 Å². The van der Waals surface area contributed by atoms with Crippen LogP contribution in [0.5, 0.6) is 0 Å². The molecule has 3 rings (SSSR count). The van der Waals surface area contributed by atoms with Crippen LogP contribution in [0.1, 0.15) is 36.2 Å². The first-order chi connectivity index (χ1) is 12.4. The number of aryl methyl sites for hydroxylation is 2. The number of hydrogen-bond donors (Lipinski definition) is 1. The van der Waals surface area contributed by atoms with E-state index in [0.29, 0.717) is 23.0 Å². The van der Waals surface area contributed by atoms with Gasteiger partial charge in [0.15, 0.2) is 4.96 Å². The van der Waals surface area contributed by atoms with E-state index in [9.17, 15) is 14.4 Å². The van der Waals surface area contributed by atoms with E-state index in [1.54, 1.807) is 30.8 Å². The highest BCUT2D eigenvalue weighted by Crippen LogP contribution is 2.10. The minimum Gasteiger partial charge on any atom is -0.316 e. The van der Waals surface area contributed by atoms with Crippen molar-refractivity contribution in [1.29, 1.82) is 0 Å². The third kappa shape index (κ3) is 3.45. The minimum atomic E-state index is -0.597. The molecule has 0 saturated heterocycles. The van der Waals surface area contributed by atoms with Gasteiger partial charge in [-0.1, -0.05) is 13.8 Å². The predicted molar refractivity (Wildman–Crippen MR) is 102 cm³/mol. The molecule has 1 N–H and O–H groups in total. The van der Waals surface area contributed by atoms with E-state index < -0.39 is 5.91 Å².